The molecule has 0 saturated carbocycles. The highest BCUT2D eigenvalue weighted by molar-refractivity contribution is 6.46. The first kappa shape index (κ1) is 19.3. The van der Waals surface area contributed by atoms with Crippen molar-refractivity contribution in [3.05, 3.63) is 71.6 Å². The number of pyridine rings is 1. The highest BCUT2D eigenvalue weighted by Gasteiger charge is 2.46. The summed E-state index contributed by atoms with van der Waals surface area (Å²) in [5.41, 5.74) is 1.31. The summed E-state index contributed by atoms with van der Waals surface area (Å²) in [6, 6.07) is 11.8. The SMILES string of the molecule is O=C1C(=O)N(CCN2CCOCC2)C(c2cccnc2)/C1=C(\O)c1ccccc1. The quantitative estimate of drug-likeness (QED) is 0.474. The molecule has 2 aromatic rings. The first-order valence-corrected chi connectivity index (χ1v) is 9.70. The molecule has 2 aliphatic rings. The van der Waals surface area contributed by atoms with Crippen LogP contribution in [0.25, 0.3) is 5.76 Å². The Morgan fingerprint density at radius 2 is 1.83 bits per heavy atom. The minimum absolute atomic E-state index is 0.108. The molecule has 2 aliphatic heterocycles. The Morgan fingerprint density at radius 3 is 2.52 bits per heavy atom. The molecule has 4 rings (SSSR count). The Morgan fingerprint density at radius 1 is 1.07 bits per heavy atom. The van der Waals surface area contributed by atoms with Crippen molar-refractivity contribution in [2.24, 2.45) is 0 Å². The van der Waals surface area contributed by atoms with Crippen LogP contribution in [0.1, 0.15) is 17.2 Å². The summed E-state index contributed by atoms with van der Waals surface area (Å²) in [6.45, 7) is 3.95. The van der Waals surface area contributed by atoms with Crippen LogP contribution in [0.4, 0.5) is 0 Å². The summed E-state index contributed by atoms with van der Waals surface area (Å²) in [4.78, 5) is 33.7. The average Bonchev–Trinajstić information content (AvgIpc) is 3.04. The Bertz CT molecular complexity index is 908. The normalized spacial score (nSPS) is 22.2. The molecule has 0 bridgehead atoms. The van der Waals surface area contributed by atoms with E-state index in [0.717, 1.165) is 13.1 Å². The van der Waals surface area contributed by atoms with E-state index in [4.69, 9.17) is 4.74 Å². The van der Waals surface area contributed by atoms with Crippen molar-refractivity contribution in [1.82, 2.24) is 14.8 Å². The van der Waals surface area contributed by atoms with Crippen LogP contribution >= 0.6 is 0 Å². The molecule has 0 aliphatic carbocycles. The maximum atomic E-state index is 12.9. The van der Waals surface area contributed by atoms with Gasteiger partial charge in [-0.25, -0.2) is 0 Å². The Kier molecular flexibility index (Phi) is 5.69. The van der Waals surface area contributed by atoms with E-state index in [-0.39, 0.29) is 11.3 Å². The number of likely N-dealkylation sites (tertiary alicyclic amines) is 1. The number of morpholine rings is 1. The summed E-state index contributed by atoms with van der Waals surface area (Å²) >= 11 is 0. The topological polar surface area (TPSA) is 83.0 Å². The van der Waals surface area contributed by atoms with Crippen molar-refractivity contribution in [3.63, 3.8) is 0 Å². The molecule has 1 unspecified atom stereocenters. The van der Waals surface area contributed by atoms with Gasteiger partial charge < -0.3 is 14.7 Å². The van der Waals surface area contributed by atoms with Crippen molar-refractivity contribution < 1.29 is 19.4 Å². The van der Waals surface area contributed by atoms with Gasteiger partial charge in [-0.15, -0.1) is 0 Å². The maximum Gasteiger partial charge on any atom is 0.295 e. The van der Waals surface area contributed by atoms with Crippen molar-refractivity contribution in [2.45, 2.75) is 6.04 Å². The van der Waals surface area contributed by atoms with Gasteiger partial charge in [-0.3, -0.25) is 19.5 Å². The standard InChI is InChI=1S/C22H23N3O4/c26-20(16-5-2-1-3-6-16)18-19(17-7-4-8-23-15-17)25(22(28)21(18)27)10-9-24-11-13-29-14-12-24/h1-8,15,19,26H,9-14H2/b20-18+. The summed E-state index contributed by atoms with van der Waals surface area (Å²) in [5, 5.41) is 10.9. The van der Waals surface area contributed by atoms with Gasteiger partial charge in [-0.05, 0) is 11.6 Å². The van der Waals surface area contributed by atoms with Crippen LogP contribution < -0.4 is 0 Å². The number of nitrogens with zero attached hydrogens (tertiary/aromatic N) is 3. The van der Waals surface area contributed by atoms with Gasteiger partial charge in [0.05, 0.1) is 24.8 Å². The summed E-state index contributed by atoms with van der Waals surface area (Å²) in [7, 11) is 0. The van der Waals surface area contributed by atoms with Gasteiger partial charge in [0.15, 0.2) is 0 Å². The van der Waals surface area contributed by atoms with Crippen LogP contribution in [0.3, 0.4) is 0 Å². The zero-order valence-corrected chi connectivity index (χ0v) is 16.0. The molecule has 1 N–H and O–H groups in total. The van der Waals surface area contributed by atoms with E-state index in [9.17, 15) is 14.7 Å². The number of aliphatic hydroxyl groups is 1. The lowest BCUT2D eigenvalue weighted by Gasteiger charge is -2.30. The fourth-order valence-corrected chi connectivity index (χ4v) is 3.82. The molecule has 3 heterocycles. The molecule has 1 aromatic heterocycles. The second kappa shape index (κ2) is 8.55. The predicted molar refractivity (Wildman–Crippen MR) is 107 cm³/mol. The predicted octanol–water partition coefficient (Wildman–Crippen LogP) is 1.84. The third-order valence-corrected chi connectivity index (χ3v) is 5.35. The van der Waals surface area contributed by atoms with E-state index >= 15 is 0 Å². The first-order chi connectivity index (χ1) is 14.2. The van der Waals surface area contributed by atoms with Crippen molar-refractivity contribution in [1.29, 1.82) is 0 Å². The van der Waals surface area contributed by atoms with E-state index in [0.29, 0.717) is 37.4 Å². The highest BCUT2D eigenvalue weighted by atomic mass is 16.5. The molecular formula is C22H23N3O4. The van der Waals surface area contributed by atoms with E-state index in [1.165, 1.54) is 0 Å². The zero-order chi connectivity index (χ0) is 20.2. The second-order valence-electron chi connectivity index (χ2n) is 7.10. The lowest BCUT2D eigenvalue weighted by Crippen LogP contribution is -2.42. The van der Waals surface area contributed by atoms with Gasteiger partial charge in [0.2, 0.25) is 0 Å². The van der Waals surface area contributed by atoms with Crippen LogP contribution in [0.15, 0.2) is 60.4 Å². The third kappa shape index (κ3) is 3.92. The lowest BCUT2D eigenvalue weighted by atomic mass is 9.96. The third-order valence-electron chi connectivity index (χ3n) is 5.35. The number of ether oxygens (including phenoxy) is 1. The number of carbonyl (C=O) groups excluding carboxylic acids is 2. The summed E-state index contributed by atoms with van der Waals surface area (Å²) < 4.78 is 5.37. The number of aliphatic hydroxyl groups excluding tert-OH is 1. The van der Waals surface area contributed by atoms with Gasteiger partial charge in [0, 0.05) is 44.1 Å². The molecule has 0 radical (unpaired) electrons. The summed E-state index contributed by atoms with van der Waals surface area (Å²) in [6.07, 6.45) is 3.27. The smallest absolute Gasteiger partial charge is 0.295 e. The van der Waals surface area contributed by atoms with Crippen molar-refractivity contribution >= 4 is 17.4 Å². The maximum absolute atomic E-state index is 12.9. The van der Waals surface area contributed by atoms with Crippen molar-refractivity contribution in [2.75, 3.05) is 39.4 Å². The molecule has 7 nitrogen and oxygen atoms in total. The van der Waals surface area contributed by atoms with Crippen LogP contribution in [0, 0.1) is 0 Å². The lowest BCUT2D eigenvalue weighted by molar-refractivity contribution is -0.140. The highest BCUT2D eigenvalue weighted by Crippen LogP contribution is 2.38. The molecule has 1 aromatic carbocycles. The van der Waals surface area contributed by atoms with Gasteiger partial charge >= 0.3 is 0 Å². The number of aromatic nitrogens is 1. The Labute approximate surface area is 169 Å². The van der Waals surface area contributed by atoms with E-state index in [2.05, 4.69) is 9.88 Å². The van der Waals surface area contributed by atoms with E-state index in [1.807, 2.05) is 12.1 Å². The van der Waals surface area contributed by atoms with E-state index < -0.39 is 17.7 Å². The molecule has 2 fully saturated rings. The number of hydrogen-bond acceptors (Lipinski definition) is 6. The van der Waals surface area contributed by atoms with Crippen molar-refractivity contribution in [3.8, 4) is 0 Å². The Hall–Kier alpha value is -3.03. The van der Waals surface area contributed by atoms with Crippen LogP contribution in [0.5, 0.6) is 0 Å². The first-order valence-electron chi connectivity index (χ1n) is 9.70. The number of rotatable bonds is 5. The van der Waals surface area contributed by atoms with Crippen LogP contribution in [0.2, 0.25) is 0 Å². The molecular weight excluding hydrogens is 370 g/mol. The van der Waals surface area contributed by atoms with Gasteiger partial charge in [0.1, 0.15) is 5.76 Å². The molecule has 150 valence electrons. The van der Waals surface area contributed by atoms with E-state index in [1.54, 1.807) is 47.6 Å². The largest absolute Gasteiger partial charge is 0.507 e. The number of carbonyl (C=O) groups is 2. The molecule has 7 heteroatoms. The fraction of sp³-hybridized carbons (Fsp3) is 0.318. The number of benzene rings is 1. The number of ketones is 1. The molecule has 29 heavy (non-hydrogen) atoms. The average molecular weight is 393 g/mol. The number of Topliss-reactive ketones (excluding diaryl/α,β-unsaturated/α-hetero) is 1. The molecule has 1 atom stereocenters. The van der Waals surface area contributed by atoms with Gasteiger partial charge in [0.25, 0.3) is 11.7 Å². The molecule has 2 saturated heterocycles. The second-order valence-corrected chi connectivity index (χ2v) is 7.10. The summed E-state index contributed by atoms with van der Waals surface area (Å²) in [5.74, 6) is -1.42. The van der Waals surface area contributed by atoms with Crippen LogP contribution in [-0.2, 0) is 14.3 Å². The molecule has 1 amide bonds. The monoisotopic (exact) mass is 393 g/mol. The number of amides is 1. The minimum atomic E-state index is -0.665. The fourth-order valence-electron chi connectivity index (χ4n) is 3.82. The van der Waals surface area contributed by atoms with Gasteiger partial charge in [-0.1, -0.05) is 36.4 Å². The van der Waals surface area contributed by atoms with Crippen LogP contribution in [-0.4, -0.2) is 71.0 Å². The molecule has 0 spiro atoms. The van der Waals surface area contributed by atoms with Gasteiger partial charge in [-0.2, -0.15) is 0 Å². The minimum Gasteiger partial charge on any atom is -0.507 e. The number of hydrogen-bond donors (Lipinski definition) is 1. The Balaban J connectivity index is 1.70. The zero-order valence-electron chi connectivity index (χ0n) is 16.0.